The summed E-state index contributed by atoms with van der Waals surface area (Å²) in [6.45, 7) is 3.63. The zero-order chi connectivity index (χ0) is 28.1. The van der Waals surface area contributed by atoms with Crippen LogP contribution in [0.25, 0.3) is 0 Å². The number of furan rings is 3. The topological polar surface area (TPSA) is 138 Å². The van der Waals surface area contributed by atoms with Gasteiger partial charge in [-0.1, -0.05) is 13.8 Å². The molecule has 4 atom stereocenters. The molecule has 11 heteroatoms. The van der Waals surface area contributed by atoms with Crippen molar-refractivity contribution in [2.45, 2.75) is 57.3 Å². The average Bonchev–Trinajstić information content (AvgIpc) is 3.70. The van der Waals surface area contributed by atoms with Crippen LogP contribution in [0.1, 0.15) is 30.5 Å². The molecule has 4 amide bonds. The van der Waals surface area contributed by atoms with Gasteiger partial charge in [0.15, 0.2) is 0 Å². The molecule has 4 heterocycles. The number of carbonyl (C=O) groups excluding carboxylic acids is 4. The van der Waals surface area contributed by atoms with Crippen molar-refractivity contribution in [1.29, 1.82) is 0 Å². The number of hydrogen-bond acceptors (Lipinski definition) is 7. The lowest BCUT2D eigenvalue weighted by Crippen LogP contribution is -2.63. The van der Waals surface area contributed by atoms with Crippen LogP contribution in [0.2, 0.25) is 0 Å². The van der Waals surface area contributed by atoms with Crippen LogP contribution in [0.3, 0.4) is 0 Å². The van der Waals surface area contributed by atoms with Gasteiger partial charge in [0, 0.05) is 33.4 Å². The Kier molecular flexibility index (Phi) is 8.58. The van der Waals surface area contributed by atoms with Crippen molar-refractivity contribution in [3.05, 3.63) is 72.5 Å². The summed E-state index contributed by atoms with van der Waals surface area (Å²) in [4.78, 5) is 57.7. The first-order valence-corrected chi connectivity index (χ1v) is 12.8. The lowest BCUT2D eigenvalue weighted by Gasteiger charge is -2.37. The maximum atomic E-state index is 13.9. The fraction of sp³-hybridized carbons (Fsp3) is 0.429. The molecule has 11 nitrogen and oxygen atoms in total. The van der Waals surface area contributed by atoms with Crippen LogP contribution in [0.5, 0.6) is 0 Å². The summed E-state index contributed by atoms with van der Waals surface area (Å²) in [6, 6.07) is 1.28. The molecule has 4 rings (SSSR count). The van der Waals surface area contributed by atoms with Crippen LogP contribution in [0.15, 0.2) is 69.0 Å². The number of nitrogens with one attached hydrogen (secondary N) is 2. The van der Waals surface area contributed by atoms with Crippen LogP contribution in [-0.2, 0) is 38.4 Å². The Morgan fingerprint density at radius 2 is 1.13 bits per heavy atom. The monoisotopic (exact) mass is 538 g/mol. The number of rotatable bonds is 7. The zero-order valence-electron chi connectivity index (χ0n) is 22.5. The van der Waals surface area contributed by atoms with E-state index < -0.39 is 47.8 Å². The Morgan fingerprint density at radius 3 is 1.56 bits per heavy atom. The third-order valence-electron chi connectivity index (χ3n) is 7.12. The van der Waals surface area contributed by atoms with Crippen molar-refractivity contribution >= 4 is 23.6 Å². The van der Waals surface area contributed by atoms with E-state index in [2.05, 4.69) is 10.6 Å². The Hall–Kier alpha value is -4.28. The molecule has 1 saturated heterocycles. The minimum Gasteiger partial charge on any atom is -0.472 e. The van der Waals surface area contributed by atoms with Gasteiger partial charge in [0.25, 0.3) is 0 Å². The molecular weight excluding hydrogens is 504 g/mol. The van der Waals surface area contributed by atoms with E-state index >= 15 is 0 Å². The predicted octanol–water partition coefficient (Wildman–Crippen LogP) is 1.79. The van der Waals surface area contributed by atoms with E-state index in [0.29, 0.717) is 16.7 Å². The van der Waals surface area contributed by atoms with Crippen LogP contribution in [0, 0.1) is 5.92 Å². The smallest absolute Gasteiger partial charge is 0.245 e. The van der Waals surface area contributed by atoms with Gasteiger partial charge < -0.3 is 33.7 Å². The highest BCUT2D eigenvalue weighted by Gasteiger charge is 2.40. The molecule has 0 radical (unpaired) electrons. The first-order valence-electron chi connectivity index (χ1n) is 12.8. The maximum Gasteiger partial charge on any atom is 0.245 e. The molecule has 208 valence electrons. The van der Waals surface area contributed by atoms with E-state index in [1.165, 1.54) is 61.5 Å². The summed E-state index contributed by atoms with van der Waals surface area (Å²) < 4.78 is 15.5. The highest BCUT2D eigenvalue weighted by Crippen LogP contribution is 2.18. The molecule has 0 aromatic carbocycles. The summed E-state index contributed by atoms with van der Waals surface area (Å²) in [5.41, 5.74) is 2.12. The van der Waals surface area contributed by atoms with Gasteiger partial charge in [-0.2, -0.15) is 0 Å². The molecule has 1 fully saturated rings. The molecule has 1 aliphatic rings. The van der Waals surface area contributed by atoms with Crippen molar-refractivity contribution < 1.29 is 32.4 Å². The highest BCUT2D eigenvalue weighted by molar-refractivity contribution is 5.97. The Morgan fingerprint density at radius 1 is 0.692 bits per heavy atom. The first kappa shape index (κ1) is 27.7. The molecule has 1 aliphatic heterocycles. The van der Waals surface area contributed by atoms with Crippen molar-refractivity contribution in [3.8, 4) is 0 Å². The third kappa shape index (κ3) is 6.42. The van der Waals surface area contributed by atoms with Crippen molar-refractivity contribution in [2.24, 2.45) is 5.92 Å². The van der Waals surface area contributed by atoms with Gasteiger partial charge in [-0.05, 0) is 40.8 Å². The standard InChI is InChI=1S/C28H34N4O7/c1-17(2)24-28(36)32(4)22(12-19-6-9-38-15-19)25(33)29-21(11-18-5-8-37-14-18)27(35)31(3)23(26(34)30-24)13-20-7-10-39-16-20/h5-10,14-17,21-24H,11-13H2,1-4H3,(H,29,33)(H,30,34)/t21-,22-,23-,24-/m0/s1. The predicted molar refractivity (Wildman–Crippen MR) is 139 cm³/mol. The van der Waals surface area contributed by atoms with Gasteiger partial charge in [0.05, 0.1) is 37.6 Å². The molecular formula is C28H34N4O7. The molecule has 3 aromatic rings. The van der Waals surface area contributed by atoms with Crippen molar-refractivity contribution in [1.82, 2.24) is 20.4 Å². The molecule has 2 N–H and O–H groups in total. The normalized spacial score (nSPS) is 23.4. The number of carbonyl (C=O) groups is 4. The van der Waals surface area contributed by atoms with Gasteiger partial charge in [-0.25, -0.2) is 0 Å². The SMILES string of the molecule is CC(C)[C@@H]1NC(=O)[C@H](Cc2ccoc2)N(C)C(=O)[C@H](Cc2ccoc2)NC(=O)[C@H](Cc2ccoc2)N(C)C1=O. The van der Waals surface area contributed by atoms with E-state index in [-0.39, 0.29) is 25.2 Å². The number of amides is 4. The van der Waals surface area contributed by atoms with Crippen LogP contribution in [-0.4, -0.2) is 71.7 Å². The van der Waals surface area contributed by atoms with Crippen molar-refractivity contribution in [2.75, 3.05) is 14.1 Å². The van der Waals surface area contributed by atoms with Gasteiger partial charge in [0.2, 0.25) is 23.6 Å². The summed E-state index contributed by atoms with van der Waals surface area (Å²) in [7, 11) is 3.05. The molecule has 0 bridgehead atoms. The summed E-state index contributed by atoms with van der Waals surface area (Å²) in [6.07, 6.45) is 9.43. The van der Waals surface area contributed by atoms with Gasteiger partial charge in [-0.3, -0.25) is 19.2 Å². The summed E-state index contributed by atoms with van der Waals surface area (Å²) in [5, 5.41) is 5.72. The summed E-state index contributed by atoms with van der Waals surface area (Å²) in [5.74, 6) is -2.12. The van der Waals surface area contributed by atoms with Gasteiger partial charge in [-0.15, -0.1) is 0 Å². The third-order valence-corrected chi connectivity index (χ3v) is 7.12. The average molecular weight is 539 g/mol. The van der Waals surface area contributed by atoms with Crippen LogP contribution >= 0.6 is 0 Å². The zero-order valence-corrected chi connectivity index (χ0v) is 22.5. The Balaban J connectivity index is 1.75. The highest BCUT2D eigenvalue weighted by atomic mass is 16.3. The maximum absolute atomic E-state index is 13.9. The Labute approximate surface area is 226 Å². The number of likely N-dealkylation sites (N-methyl/N-ethyl adjacent to an activating group) is 2. The van der Waals surface area contributed by atoms with E-state index in [1.54, 1.807) is 18.2 Å². The quantitative estimate of drug-likeness (QED) is 0.468. The van der Waals surface area contributed by atoms with E-state index in [4.69, 9.17) is 13.3 Å². The van der Waals surface area contributed by atoms with E-state index in [1.807, 2.05) is 13.8 Å². The second kappa shape index (κ2) is 12.1. The lowest BCUT2D eigenvalue weighted by atomic mass is 9.97. The first-order chi connectivity index (χ1) is 18.7. The van der Waals surface area contributed by atoms with Crippen LogP contribution < -0.4 is 10.6 Å². The molecule has 3 aromatic heterocycles. The Bertz CT molecular complexity index is 1220. The van der Waals surface area contributed by atoms with Gasteiger partial charge in [0.1, 0.15) is 24.2 Å². The van der Waals surface area contributed by atoms with Crippen LogP contribution in [0.4, 0.5) is 0 Å². The fourth-order valence-corrected chi connectivity index (χ4v) is 4.72. The van der Waals surface area contributed by atoms with E-state index in [9.17, 15) is 19.2 Å². The second-order valence-corrected chi connectivity index (χ2v) is 10.2. The van der Waals surface area contributed by atoms with Crippen molar-refractivity contribution in [3.63, 3.8) is 0 Å². The fourth-order valence-electron chi connectivity index (χ4n) is 4.72. The number of nitrogens with zero attached hydrogens (tertiary/aromatic N) is 2. The summed E-state index contributed by atoms with van der Waals surface area (Å²) >= 11 is 0. The molecule has 0 spiro atoms. The number of hydrogen-bond donors (Lipinski definition) is 2. The lowest BCUT2D eigenvalue weighted by molar-refractivity contribution is -0.148. The second-order valence-electron chi connectivity index (χ2n) is 10.2. The largest absolute Gasteiger partial charge is 0.472 e. The van der Waals surface area contributed by atoms with Gasteiger partial charge >= 0.3 is 0 Å². The molecule has 0 aliphatic carbocycles. The minimum atomic E-state index is -1.02. The molecule has 39 heavy (non-hydrogen) atoms. The minimum absolute atomic E-state index is 0.135. The molecule has 0 saturated carbocycles. The van der Waals surface area contributed by atoms with E-state index in [0.717, 1.165) is 0 Å². The molecule has 0 unspecified atom stereocenters.